The Morgan fingerprint density at radius 2 is 2.20 bits per heavy atom. The van der Waals surface area contributed by atoms with Crippen molar-refractivity contribution in [1.29, 1.82) is 0 Å². The molecule has 2 atom stereocenters. The van der Waals surface area contributed by atoms with Crippen molar-refractivity contribution in [3.8, 4) is 0 Å². The Labute approximate surface area is 94.0 Å². The summed E-state index contributed by atoms with van der Waals surface area (Å²) < 4.78 is 5.57. The van der Waals surface area contributed by atoms with Crippen LogP contribution in [0.3, 0.4) is 0 Å². The summed E-state index contributed by atoms with van der Waals surface area (Å²) in [4.78, 5) is 2.50. The highest BCUT2D eigenvalue weighted by molar-refractivity contribution is 4.90. The van der Waals surface area contributed by atoms with Gasteiger partial charge in [-0.2, -0.15) is 0 Å². The van der Waals surface area contributed by atoms with Crippen LogP contribution >= 0.6 is 0 Å². The molecule has 1 heterocycles. The molecule has 0 spiro atoms. The summed E-state index contributed by atoms with van der Waals surface area (Å²) in [6, 6.07) is 0. The van der Waals surface area contributed by atoms with Crippen LogP contribution in [0, 0.1) is 5.92 Å². The molecule has 0 aromatic heterocycles. The molecule has 15 heavy (non-hydrogen) atoms. The molecular formula is C12H26N2O. The maximum atomic E-state index is 5.95. The van der Waals surface area contributed by atoms with Crippen LogP contribution in [0.2, 0.25) is 0 Å². The van der Waals surface area contributed by atoms with E-state index >= 15 is 0 Å². The molecule has 1 saturated heterocycles. The van der Waals surface area contributed by atoms with Gasteiger partial charge in [0.2, 0.25) is 0 Å². The number of morpholine rings is 1. The summed E-state index contributed by atoms with van der Waals surface area (Å²) >= 11 is 0. The average Bonchev–Trinajstić information content (AvgIpc) is 2.16. The minimum atomic E-state index is 0.145. The summed E-state index contributed by atoms with van der Waals surface area (Å²) in [5, 5.41) is 0. The monoisotopic (exact) mass is 214 g/mol. The summed E-state index contributed by atoms with van der Waals surface area (Å²) in [6.45, 7) is 12.6. The van der Waals surface area contributed by atoms with Gasteiger partial charge < -0.3 is 10.5 Å². The molecule has 1 rings (SSSR count). The molecule has 0 aliphatic carbocycles. The quantitative estimate of drug-likeness (QED) is 0.770. The molecule has 1 aliphatic heterocycles. The second kappa shape index (κ2) is 5.28. The second-order valence-electron chi connectivity index (χ2n) is 5.43. The molecule has 0 aromatic rings. The van der Waals surface area contributed by atoms with Gasteiger partial charge in [0, 0.05) is 25.2 Å². The molecule has 3 nitrogen and oxygen atoms in total. The zero-order valence-corrected chi connectivity index (χ0v) is 10.6. The highest BCUT2D eigenvalue weighted by Crippen LogP contribution is 2.25. The molecular weight excluding hydrogens is 188 g/mol. The van der Waals surface area contributed by atoms with Gasteiger partial charge in [-0.1, -0.05) is 13.8 Å². The molecule has 2 N–H and O–H groups in total. The van der Waals surface area contributed by atoms with Crippen molar-refractivity contribution in [2.45, 2.75) is 45.8 Å². The van der Waals surface area contributed by atoms with E-state index in [-0.39, 0.29) is 5.54 Å². The number of rotatable bonds is 4. The Morgan fingerprint density at radius 1 is 1.53 bits per heavy atom. The maximum Gasteiger partial charge on any atom is 0.0674 e. The lowest BCUT2D eigenvalue weighted by atomic mass is 9.88. The molecule has 2 unspecified atom stereocenters. The molecule has 3 heteroatoms. The van der Waals surface area contributed by atoms with Gasteiger partial charge in [0.05, 0.1) is 12.7 Å². The highest BCUT2D eigenvalue weighted by atomic mass is 16.5. The van der Waals surface area contributed by atoms with E-state index in [4.69, 9.17) is 10.5 Å². The Bertz CT molecular complexity index is 196. The summed E-state index contributed by atoms with van der Waals surface area (Å²) in [5.41, 5.74) is 6.09. The minimum absolute atomic E-state index is 0.145. The van der Waals surface area contributed by atoms with Crippen molar-refractivity contribution < 1.29 is 4.74 Å². The van der Waals surface area contributed by atoms with Crippen molar-refractivity contribution >= 4 is 0 Å². The fourth-order valence-corrected chi connectivity index (χ4v) is 2.53. The second-order valence-corrected chi connectivity index (χ2v) is 5.43. The number of hydrogen-bond donors (Lipinski definition) is 1. The normalized spacial score (nSPS) is 28.0. The maximum absolute atomic E-state index is 5.95. The molecule has 0 aromatic carbocycles. The number of ether oxygens (including phenoxy) is 1. The SMILES string of the molecule is CC(C)CC(C)(CN)N1CCOC(C)C1. The van der Waals surface area contributed by atoms with Crippen molar-refractivity contribution in [3.05, 3.63) is 0 Å². The van der Waals surface area contributed by atoms with E-state index in [2.05, 4.69) is 32.6 Å². The third-order valence-electron chi connectivity index (χ3n) is 3.29. The van der Waals surface area contributed by atoms with E-state index in [1.165, 1.54) is 0 Å². The third-order valence-corrected chi connectivity index (χ3v) is 3.29. The van der Waals surface area contributed by atoms with Crippen molar-refractivity contribution in [2.75, 3.05) is 26.2 Å². The van der Waals surface area contributed by atoms with Crippen molar-refractivity contribution in [1.82, 2.24) is 4.90 Å². The standard InChI is InChI=1S/C12H26N2O/c1-10(2)7-12(4,9-13)14-5-6-15-11(3)8-14/h10-11H,5-9,13H2,1-4H3. The Kier molecular flexibility index (Phi) is 4.56. The van der Waals surface area contributed by atoms with E-state index < -0.39 is 0 Å². The van der Waals surface area contributed by atoms with Gasteiger partial charge in [-0.05, 0) is 26.2 Å². The van der Waals surface area contributed by atoms with Gasteiger partial charge in [0.25, 0.3) is 0 Å². The number of hydrogen-bond acceptors (Lipinski definition) is 3. The largest absolute Gasteiger partial charge is 0.376 e. The van der Waals surface area contributed by atoms with Crippen LogP contribution in [0.5, 0.6) is 0 Å². The van der Waals surface area contributed by atoms with Gasteiger partial charge in [0.15, 0.2) is 0 Å². The lowest BCUT2D eigenvalue weighted by Gasteiger charge is -2.45. The molecule has 0 radical (unpaired) electrons. The van der Waals surface area contributed by atoms with Crippen LogP contribution in [0.4, 0.5) is 0 Å². The summed E-state index contributed by atoms with van der Waals surface area (Å²) in [7, 11) is 0. The lowest BCUT2D eigenvalue weighted by Crippen LogP contribution is -2.57. The molecule has 0 saturated carbocycles. The minimum Gasteiger partial charge on any atom is -0.376 e. The van der Waals surface area contributed by atoms with Gasteiger partial charge in [-0.25, -0.2) is 0 Å². The zero-order valence-electron chi connectivity index (χ0n) is 10.6. The van der Waals surface area contributed by atoms with Gasteiger partial charge in [-0.3, -0.25) is 4.90 Å². The molecule has 0 bridgehead atoms. The molecule has 90 valence electrons. The molecule has 1 aliphatic rings. The first-order chi connectivity index (χ1) is 6.98. The van der Waals surface area contributed by atoms with Crippen LogP contribution in [-0.2, 0) is 4.74 Å². The first kappa shape index (κ1) is 12.9. The first-order valence-corrected chi connectivity index (χ1v) is 6.04. The van der Waals surface area contributed by atoms with E-state index in [1.54, 1.807) is 0 Å². The molecule has 0 amide bonds. The van der Waals surface area contributed by atoms with Crippen LogP contribution in [0.1, 0.15) is 34.1 Å². The van der Waals surface area contributed by atoms with E-state index in [1.807, 2.05) is 0 Å². The van der Waals surface area contributed by atoms with Crippen LogP contribution in [0.15, 0.2) is 0 Å². The Hall–Kier alpha value is -0.120. The summed E-state index contributed by atoms with van der Waals surface area (Å²) in [6.07, 6.45) is 1.51. The highest BCUT2D eigenvalue weighted by Gasteiger charge is 2.33. The fourth-order valence-electron chi connectivity index (χ4n) is 2.53. The topological polar surface area (TPSA) is 38.5 Å². The smallest absolute Gasteiger partial charge is 0.0674 e. The number of nitrogens with two attached hydrogens (primary N) is 1. The van der Waals surface area contributed by atoms with Crippen molar-refractivity contribution in [2.24, 2.45) is 11.7 Å². The van der Waals surface area contributed by atoms with Crippen molar-refractivity contribution in [3.63, 3.8) is 0 Å². The summed E-state index contributed by atoms with van der Waals surface area (Å²) in [5.74, 6) is 0.691. The van der Waals surface area contributed by atoms with Gasteiger partial charge in [0.1, 0.15) is 0 Å². The third kappa shape index (κ3) is 3.44. The van der Waals surface area contributed by atoms with Crippen LogP contribution < -0.4 is 5.73 Å². The predicted molar refractivity (Wildman–Crippen MR) is 63.9 cm³/mol. The van der Waals surface area contributed by atoms with Crippen LogP contribution in [0.25, 0.3) is 0 Å². The Morgan fingerprint density at radius 3 is 2.67 bits per heavy atom. The Balaban J connectivity index is 2.62. The lowest BCUT2D eigenvalue weighted by molar-refractivity contribution is -0.0607. The van der Waals surface area contributed by atoms with E-state index in [9.17, 15) is 0 Å². The first-order valence-electron chi connectivity index (χ1n) is 6.04. The van der Waals surface area contributed by atoms with Crippen LogP contribution in [-0.4, -0.2) is 42.8 Å². The fraction of sp³-hybridized carbons (Fsp3) is 1.00. The number of nitrogens with zero attached hydrogens (tertiary/aromatic N) is 1. The predicted octanol–water partition coefficient (Wildman–Crippen LogP) is 1.47. The van der Waals surface area contributed by atoms with E-state index in [0.29, 0.717) is 12.0 Å². The van der Waals surface area contributed by atoms with Gasteiger partial charge >= 0.3 is 0 Å². The average molecular weight is 214 g/mol. The molecule has 1 fully saturated rings. The van der Waals surface area contributed by atoms with Gasteiger partial charge in [-0.15, -0.1) is 0 Å². The zero-order chi connectivity index (χ0) is 11.5. The van der Waals surface area contributed by atoms with E-state index in [0.717, 1.165) is 32.7 Å².